The van der Waals surface area contributed by atoms with E-state index in [-0.39, 0.29) is 11.8 Å². The lowest BCUT2D eigenvalue weighted by Gasteiger charge is -2.22. The summed E-state index contributed by atoms with van der Waals surface area (Å²) in [6.45, 7) is 2.90. The summed E-state index contributed by atoms with van der Waals surface area (Å²) >= 11 is 0. The van der Waals surface area contributed by atoms with Crippen LogP contribution in [0.4, 0.5) is 0 Å². The van der Waals surface area contributed by atoms with E-state index in [2.05, 4.69) is 22.5 Å². The van der Waals surface area contributed by atoms with Gasteiger partial charge in [-0.2, -0.15) is 5.10 Å². The number of hydrazone groups is 1. The number of carbonyl (C=O) groups excluding carboxylic acids is 2. The van der Waals surface area contributed by atoms with Gasteiger partial charge in [0.15, 0.2) is 0 Å². The summed E-state index contributed by atoms with van der Waals surface area (Å²) in [4.78, 5) is 27.1. The molecule has 0 bridgehead atoms. The molecule has 0 aromatic heterocycles. The van der Waals surface area contributed by atoms with Crippen LogP contribution in [0.25, 0.3) is 0 Å². The third-order valence-corrected chi connectivity index (χ3v) is 3.52. The average molecular weight is 252 g/mol. The Kier molecular flexibility index (Phi) is 3.96. The zero-order valence-corrected chi connectivity index (χ0v) is 11.0. The van der Waals surface area contributed by atoms with Gasteiger partial charge in [-0.25, -0.2) is 5.43 Å². The van der Waals surface area contributed by atoms with Gasteiger partial charge in [0.1, 0.15) is 5.71 Å². The molecule has 1 fully saturated rings. The molecule has 2 aliphatic rings. The van der Waals surface area contributed by atoms with Gasteiger partial charge in [-0.05, 0) is 25.9 Å². The maximum absolute atomic E-state index is 12.1. The summed E-state index contributed by atoms with van der Waals surface area (Å²) in [6, 6.07) is 0. The highest BCUT2D eigenvalue weighted by molar-refractivity contribution is 6.39. The van der Waals surface area contributed by atoms with Gasteiger partial charge in [-0.1, -0.05) is 0 Å². The standard InChI is InChI=1S/C12H20N4O2/c1-15-6-5-9(7-15)8-16(2)12(18)10-3-4-11(17)14-13-10/h9H,3-8H2,1-2H3,(H,14,17). The fourth-order valence-corrected chi connectivity index (χ4v) is 2.49. The molecule has 18 heavy (non-hydrogen) atoms. The van der Waals surface area contributed by atoms with Crippen molar-refractivity contribution >= 4 is 17.5 Å². The second-order valence-corrected chi connectivity index (χ2v) is 5.20. The summed E-state index contributed by atoms with van der Waals surface area (Å²) in [7, 11) is 3.90. The molecule has 1 unspecified atom stereocenters. The minimum absolute atomic E-state index is 0.0652. The Balaban J connectivity index is 1.87. The van der Waals surface area contributed by atoms with Crippen molar-refractivity contribution in [3.05, 3.63) is 0 Å². The van der Waals surface area contributed by atoms with Gasteiger partial charge in [0.25, 0.3) is 5.91 Å². The predicted molar refractivity (Wildman–Crippen MR) is 68.1 cm³/mol. The van der Waals surface area contributed by atoms with Crippen LogP contribution in [-0.4, -0.2) is 61.1 Å². The molecule has 0 radical (unpaired) electrons. The van der Waals surface area contributed by atoms with Crippen molar-refractivity contribution < 1.29 is 9.59 Å². The van der Waals surface area contributed by atoms with Crippen molar-refractivity contribution in [1.82, 2.24) is 15.2 Å². The number of hydrogen-bond acceptors (Lipinski definition) is 4. The number of carbonyl (C=O) groups is 2. The molecule has 2 aliphatic heterocycles. The molecule has 2 rings (SSSR count). The highest BCUT2D eigenvalue weighted by Crippen LogP contribution is 2.15. The van der Waals surface area contributed by atoms with Crippen molar-refractivity contribution in [3.8, 4) is 0 Å². The first-order valence-electron chi connectivity index (χ1n) is 6.35. The zero-order valence-electron chi connectivity index (χ0n) is 11.0. The minimum Gasteiger partial charge on any atom is -0.340 e. The molecule has 100 valence electrons. The smallest absolute Gasteiger partial charge is 0.269 e. The van der Waals surface area contributed by atoms with Gasteiger partial charge < -0.3 is 9.80 Å². The number of nitrogens with one attached hydrogen (secondary N) is 1. The highest BCUT2D eigenvalue weighted by Gasteiger charge is 2.26. The summed E-state index contributed by atoms with van der Waals surface area (Å²) in [6.07, 6.45) is 1.93. The molecule has 0 aromatic carbocycles. The van der Waals surface area contributed by atoms with Crippen LogP contribution in [0.1, 0.15) is 19.3 Å². The van der Waals surface area contributed by atoms with Gasteiger partial charge in [-0.3, -0.25) is 9.59 Å². The molecular formula is C12H20N4O2. The number of nitrogens with zero attached hydrogens (tertiary/aromatic N) is 3. The van der Waals surface area contributed by atoms with Gasteiger partial charge in [0, 0.05) is 33.0 Å². The van der Waals surface area contributed by atoms with E-state index in [1.165, 1.54) is 0 Å². The summed E-state index contributed by atoms with van der Waals surface area (Å²) in [5.74, 6) is 0.360. The molecule has 0 aromatic rings. The number of rotatable bonds is 3. The Hall–Kier alpha value is -1.43. The first kappa shape index (κ1) is 13.0. The lowest BCUT2D eigenvalue weighted by molar-refractivity contribution is -0.124. The van der Waals surface area contributed by atoms with Gasteiger partial charge >= 0.3 is 0 Å². The Bertz CT molecular complexity index is 380. The minimum atomic E-state index is -0.119. The van der Waals surface area contributed by atoms with E-state index in [9.17, 15) is 9.59 Å². The van der Waals surface area contributed by atoms with Crippen LogP contribution in [0.2, 0.25) is 0 Å². The van der Waals surface area contributed by atoms with E-state index >= 15 is 0 Å². The first-order chi connectivity index (χ1) is 8.56. The van der Waals surface area contributed by atoms with Crippen LogP contribution in [0.15, 0.2) is 5.10 Å². The van der Waals surface area contributed by atoms with E-state index < -0.39 is 0 Å². The molecule has 1 N–H and O–H groups in total. The molecule has 6 nitrogen and oxygen atoms in total. The van der Waals surface area contributed by atoms with Gasteiger partial charge in [-0.15, -0.1) is 0 Å². The lowest BCUT2D eigenvalue weighted by Crippen LogP contribution is -2.40. The van der Waals surface area contributed by atoms with Gasteiger partial charge in [0.2, 0.25) is 5.91 Å². The van der Waals surface area contributed by atoms with Crippen LogP contribution in [-0.2, 0) is 9.59 Å². The fraction of sp³-hybridized carbons (Fsp3) is 0.750. The third-order valence-electron chi connectivity index (χ3n) is 3.52. The Morgan fingerprint density at radius 1 is 1.56 bits per heavy atom. The summed E-state index contributed by atoms with van der Waals surface area (Å²) in [5, 5.41) is 3.84. The molecule has 0 spiro atoms. The Morgan fingerprint density at radius 2 is 2.33 bits per heavy atom. The van der Waals surface area contributed by atoms with Crippen LogP contribution in [0.5, 0.6) is 0 Å². The summed E-state index contributed by atoms with van der Waals surface area (Å²) in [5.41, 5.74) is 2.82. The Labute approximate surface area is 107 Å². The topological polar surface area (TPSA) is 65.0 Å². The van der Waals surface area contributed by atoms with Crippen molar-refractivity contribution in [1.29, 1.82) is 0 Å². The van der Waals surface area contributed by atoms with Gasteiger partial charge in [0.05, 0.1) is 0 Å². The molecule has 2 amide bonds. The van der Waals surface area contributed by atoms with Crippen molar-refractivity contribution in [3.63, 3.8) is 0 Å². The van der Waals surface area contributed by atoms with E-state index in [1.54, 1.807) is 11.9 Å². The van der Waals surface area contributed by atoms with Crippen LogP contribution in [0.3, 0.4) is 0 Å². The van der Waals surface area contributed by atoms with E-state index in [1.807, 2.05) is 0 Å². The van der Waals surface area contributed by atoms with Crippen molar-refractivity contribution in [2.45, 2.75) is 19.3 Å². The molecule has 2 heterocycles. The van der Waals surface area contributed by atoms with E-state index in [4.69, 9.17) is 0 Å². The molecule has 6 heteroatoms. The predicted octanol–water partition coefficient (Wildman–Crippen LogP) is -0.337. The monoisotopic (exact) mass is 252 g/mol. The maximum atomic E-state index is 12.1. The average Bonchev–Trinajstić information content (AvgIpc) is 2.75. The second kappa shape index (κ2) is 5.48. The fourth-order valence-electron chi connectivity index (χ4n) is 2.49. The highest BCUT2D eigenvalue weighted by atomic mass is 16.2. The normalized spacial score (nSPS) is 24.7. The first-order valence-corrected chi connectivity index (χ1v) is 6.35. The third kappa shape index (κ3) is 3.07. The SMILES string of the molecule is CN1CCC(CN(C)C(=O)C2=NNC(=O)CC2)C1. The van der Waals surface area contributed by atoms with Crippen LogP contribution in [0, 0.1) is 5.92 Å². The summed E-state index contributed by atoms with van der Waals surface area (Å²) < 4.78 is 0. The molecule has 0 saturated carbocycles. The van der Waals surface area contributed by atoms with Crippen molar-refractivity contribution in [2.75, 3.05) is 33.7 Å². The zero-order chi connectivity index (χ0) is 13.1. The molecule has 0 aliphatic carbocycles. The molecule has 1 atom stereocenters. The Morgan fingerprint density at radius 3 is 2.89 bits per heavy atom. The quantitative estimate of drug-likeness (QED) is 0.747. The molecule has 1 saturated heterocycles. The number of hydrogen-bond donors (Lipinski definition) is 1. The van der Waals surface area contributed by atoms with E-state index in [0.29, 0.717) is 24.5 Å². The van der Waals surface area contributed by atoms with Crippen molar-refractivity contribution in [2.24, 2.45) is 11.0 Å². The maximum Gasteiger partial charge on any atom is 0.269 e. The number of likely N-dealkylation sites (tertiary alicyclic amines) is 1. The largest absolute Gasteiger partial charge is 0.340 e. The lowest BCUT2D eigenvalue weighted by atomic mass is 10.1. The van der Waals surface area contributed by atoms with Crippen LogP contribution < -0.4 is 5.43 Å². The second-order valence-electron chi connectivity index (χ2n) is 5.20. The van der Waals surface area contributed by atoms with E-state index in [0.717, 1.165) is 26.1 Å². The van der Waals surface area contributed by atoms with Crippen LogP contribution >= 0.6 is 0 Å². The molecular weight excluding hydrogens is 232 g/mol. The number of amides is 2.